The molecule has 0 aromatic heterocycles. The summed E-state index contributed by atoms with van der Waals surface area (Å²) in [5, 5.41) is 3.07. The average Bonchev–Trinajstić information content (AvgIpc) is 2.68. The first-order chi connectivity index (χ1) is 14.1. The van der Waals surface area contributed by atoms with Crippen LogP contribution in [0.25, 0.3) is 0 Å². The van der Waals surface area contributed by atoms with E-state index in [2.05, 4.69) is 10.0 Å². The zero-order chi connectivity index (χ0) is 22.1. The van der Waals surface area contributed by atoms with E-state index in [1.807, 2.05) is 19.9 Å². The molecule has 156 valence electrons. The summed E-state index contributed by atoms with van der Waals surface area (Å²) in [4.78, 5) is 12.4. The van der Waals surface area contributed by atoms with Gasteiger partial charge < -0.3 is 5.32 Å². The molecule has 3 rings (SSSR count). The highest BCUT2D eigenvalue weighted by molar-refractivity contribution is 7.92. The molecule has 1 amide bonds. The van der Waals surface area contributed by atoms with Gasteiger partial charge in [0.05, 0.1) is 20.8 Å². The molecular formula is C21H17Cl3N2O3S. The molecule has 0 radical (unpaired) electrons. The van der Waals surface area contributed by atoms with Crippen LogP contribution in [0.5, 0.6) is 0 Å². The van der Waals surface area contributed by atoms with Crippen LogP contribution in [0.2, 0.25) is 15.1 Å². The summed E-state index contributed by atoms with van der Waals surface area (Å²) in [6, 6.07) is 14.0. The van der Waals surface area contributed by atoms with Crippen molar-refractivity contribution in [1.29, 1.82) is 0 Å². The molecule has 0 bridgehead atoms. The summed E-state index contributed by atoms with van der Waals surface area (Å²) < 4.78 is 28.3. The van der Waals surface area contributed by atoms with Crippen LogP contribution in [0.4, 0.5) is 11.4 Å². The van der Waals surface area contributed by atoms with Gasteiger partial charge in [-0.1, -0.05) is 46.9 Å². The van der Waals surface area contributed by atoms with Crippen molar-refractivity contribution in [2.45, 2.75) is 18.7 Å². The number of hydrogen-bond acceptors (Lipinski definition) is 3. The smallest absolute Gasteiger partial charge is 0.263 e. The fourth-order valence-corrected chi connectivity index (χ4v) is 4.58. The molecule has 0 unspecified atom stereocenters. The molecule has 0 aliphatic carbocycles. The zero-order valence-corrected chi connectivity index (χ0v) is 19.0. The minimum atomic E-state index is -4.03. The van der Waals surface area contributed by atoms with E-state index in [1.54, 1.807) is 30.3 Å². The average molecular weight is 484 g/mol. The second-order valence-electron chi connectivity index (χ2n) is 6.61. The monoisotopic (exact) mass is 482 g/mol. The van der Waals surface area contributed by atoms with Gasteiger partial charge in [0.15, 0.2) is 0 Å². The lowest BCUT2D eigenvalue weighted by Gasteiger charge is -2.13. The van der Waals surface area contributed by atoms with E-state index in [0.29, 0.717) is 11.4 Å². The third-order valence-electron chi connectivity index (χ3n) is 4.44. The van der Waals surface area contributed by atoms with Gasteiger partial charge in [0.1, 0.15) is 4.90 Å². The predicted octanol–water partition coefficient (Wildman–Crippen LogP) is 6.32. The van der Waals surface area contributed by atoms with Crippen molar-refractivity contribution < 1.29 is 13.2 Å². The van der Waals surface area contributed by atoms with Crippen molar-refractivity contribution >= 4 is 62.1 Å². The summed E-state index contributed by atoms with van der Waals surface area (Å²) >= 11 is 18.2. The maximum Gasteiger partial charge on any atom is 0.263 e. The molecular weight excluding hydrogens is 467 g/mol. The van der Waals surface area contributed by atoms with E-state index in [0.717, 1.165) is 11.1 Å². The number of hydrogen-bond donors (Lipinski definition) is 2. The van der Waals surface area contributed by atoms with Gasteiger partial charge in [0, 0.05) is 11.3 Å². The lowest BCUT2D eigenvalue weighted by atomic mass is 10.1. The number of carbonyl (C=O) groups excluding carboxylic acids is 1. The molecule has 0 aliphatic heterocycles. The Hall–Kier alpha value is -2.25. The Bertz CT molecular complexity index is 1240. The molecule has 0 heterocycles. The first kappa shape index (κ1) is 22.4. The summed E-state index contributed by atoms with van der Waals surface area (Å²) in [6.07, 6.45) is 0. The van der Waals surface area contributed by atoms with E-state index in [1.165, 1.54) is 18.2 Å². The lowest BCUT2D eigenvalue weighted by molar-refractivity contribution is 0.102. The number of benzene rings is 3. The third kappa shape index (κ3) is 4.90. The number of anilines is 2. The minimum absolute atomic E-state index is 0.0105. The van der Waals surface area contributed by atoms with E-state index in [4.69, 9.17) is 34.8 Å². The van der Waals surface area contributed by atoms with Gasteiger partial charge in [-0.25, -0.2) is 8.42 Å². The lowest BCUT2D eigenvalue weighted by Crippen LogP contribution is -2.16. The highest BCUT2D eigenvalue weighted by Gasteiger charge is 2.21. The fraction of sp³-hybridized carbons (Fsp3) is 0.0952. The Kier molecular flexibility index (Phi) is 6.62. The SMILES string of the molecule is Cc1ccc(NS(=O)(=O)c2cc(C(=O)Nc3cccc(Cl)c3Cl)ccc2Cl)cc1C. The molecule has 2 N–H and O–H groups in total. The van der Waals surface area contributed by atoms with Crippen molar-refractivity contribution in [3.05, 3.63) is 86.4 Å². The first-order valence-electron chi connectivity index (χ1n) is 8.73. The van der Waals surface area contributed by atoms with Crippen molar-refractivity contribution in [3.8, 4) is 0 Å². The summed E-state index contributed by atoms with van der Waals surface area (Å²) in [7, 11) is -4.03. The van der Waals surface area contributed by atoms with Gasteiger partial charge in [0.2, 0.25) is 0 Å². The Morgan fingerprint density at radius 2 is 1.60 bits per heavy atom. The highest BCUT2D eigenvalue weighted by atomic mass is 35.5. The number of sulfonamides is 1. The predicted molar refractivity (Wildman–Crippen MR) is 123 cm³/mol. The van der Waals surface area contributed by atoms with Crippen LogP contribution in [0.1, 0.15) is 21.5 Å². The number of aryl methyl sites for hydroxylation is 2. The molecule has 0 saturated carbocycles. The molecule has 0 atom stereocenters. The van der Waals surface area contributed by atoms with E-state index >= 15 is 0 Å². The van der Waals surface area contributed by atoms with Gasteiger partial charge in [-0.05, 0) is 67.4 Å². The summed E-state index contributed by atoms with van der Waals surface area (Å²) in [6.45, 7) is 3.81. The third-order valence-corrected chi connectivity index (χ3v) is 7.12. The minimum Gasteiger partial charge on any atom is -0.321 e. The Morgan fingerprint density at radius 1 is 0.867 bits per heavy atom. The molecule has 0 aliphatic rings. The number of halogens is 3. The standard InChI is InChI=1S/C21H17Cl3N2O3S/c1-12-6-8-15(10-13(12)2)26-30(28,29)19-11-14(7-9-16(19)22)21(27)25-18-5-3-4-17(23)20(18)24/h3-11,26H,1-2H3,(H,25,27). The van der Waals surface area contributed by atoms with Crippen LogP contribution >= 0.6 is 34.8 Å². The van der Waals surface area contributed by atoms with Crippen molar-refractivity contribution in [2.75, 3.05) is 10.0 Å². The second kappa shape index (κ2) is 8.86. The van der Waals surface area contributed by atoms with Crippen molar-refractivity contribution in [2.24, 2.45) is 0 Å². The molecule has 0 saturated heterocycles. The van der Waals surface area contributed by atoms with E-state index in [9.17, 15) is 13.2 Å². The van der Waals surface area contributed by atoms with Gasteiger partial charge >= 0.3 is 0 Å². The number of carbonyl (C=O) groups is 1. The van der Waals surface area contributed by atoms with Crippen LogP contribution in [0.3, 0.4) is 0 Å². The van der Waals surface area contributed by atoms with Crippen molar-refractivity contribution in [3.63, 3.8) is 0 Å². The summed E-state index contributed by atoms with van der Waals surface area (Å²) in [5.41, 5.74) is 2.77. The molecule has 5 nitrogen and oxygen atoms in total. The molecule has 3 aromatic carbocycles. The van der Waals surface area contributed by atoms with Gasteiger partial charge in [0.25, 0.3) is 15.9 Å². The van der Waals surface area contributed by atoms with Crippen LogP contribution in [-0.2, 0) is 10.0 Å². The number of amides is 1. The molecule has 0 spiro atoms. The normalized spacial score (nSPS) is 11.2. The maximum absolute atomic E-state index is 12.9. The molecule has 3 aromatic rings. The highest BCUT2D eigenvalue weighted by Crippen LogP contribution is 2.31. The van der Waals surface area contributed by atoms with Crippen LogP contribution in [0, 0.1) is 13.8 Å². The van der Waals surface area contributed by atoms with Gasteiger partial charge in [-0.3, -0.25) is 9.52 Å². The maximum atomic E-state index is 12.9. The van der Waals surface area contributed by atoms with E-state index in [-0.39, 0.29) is 25.5 Å². The topological polar surface area (TPSA) is 75.3 Å². The molecule has 30 heavy (non-hydrogen) atoms. The van der Waals surface area contributed by atoms with Crippen LogP contribution < -0.4 is 10.0 Å². The largest absolute Gasteiger partial charge is 0.321 e. The van der Waals surface area contributed by atoms with Crippen molar-refractivity contribution in [1.82, 2.24) is 0 Å². The molecule has 9 heteroatoms. The first-order valence-corrected chi connectivity index (χ1v) is 11.3. The quantitative estimate of drug-likeness (QED) is 0.446. The Labute approximate surface area is 190 Å². The number of nitrogens with one attached hydrogen (secondary N) is 2. The number of rotatable bonds is 5. The Balaban J connectivity index is 1.91. The second-order valence-corrected chi connectivity index (χ2v) is 9.45. The molecule has 0 fully saturated rings. The van der Waals surface area contributed by atoms with Crippen LogP contribution in [0.15, 0.2) is 59.5 Å². The van der Waals surface area contributed by atoms with Crippen LogP contribution in [-0.4, -0.2) is 14.3 Å². The summed E-state index contributed by atoms with van der Waals surface area (Å²) in [5.74, 6) is -0.557. The fourth-order valence-electron chi connectivity index (χ4n) is 2.66. The van der Waals surface area contributed by atoms with E-state index < -0.39 is 15.9 Å². The zero-order valence-electron chi connectivity index (χ0n) is 16.0. The van der Waals surface area contributed by atoms with Gasteiger partial charge in [-0.15, -0.1) is 0 Å². The Morgan fingerprint density at radius 3 is 2.30 bits per heavy atom. The van der Waals surface area contributed by atoms with Gasteiger partial charge in [-0.2, -0.15) is 0 Å².